The number of anilines is 6. The predicted octanol–water partition coefficient (Wildman–Crippen LogP) is 15.5. The highest BCUT2D eigenvalue weighted by Crippen LogP contribution is 2.62. The van der Waals surface area contributed by atoms with Gasteiger partial charge in [0.2, 0.25) is 5.88 Å². The highest BCUT2D eigenvalue weighted by atomic mass is 16.4. The first-order chi connectivity index (χ1) is 31.1. The molecule has 0 amide bonds. The largest absolute Gasteiger partial charge is 0.440 e. The van der Waals surface area contributed by atoms with Crippen LogP contribution < -0.4 is 26.2 Å². The van der Waals surface area contributed by atoms with Gasteiger partial charge in [-0.1, -0.05) is 135 Å². The van der Waals surface area contributed by atoms with Gasteiger partial charge in [-0.3, -0.25) is 4.90 Å². The first-order valence-electron chi connectivity index (χ1n) is 26.0. The Morgan fingerprint density at radius 1 is 0.448 bits per heavy atom. The monoisotopic (exact) mass is 887 g/mol. The Balaban J connectivity index is 1.22. The van der Waals surface area contributed by atoms with Gasteiger partial charge >= 0.3 is 0 Å². The second-order valence-corrected chi connectivity index (χ2v) is 27.8. The Hall–Kier alpha value is -4.70. The molecule has 4 heteroatoms. The summed E-state index contributed by atoms with van der Waals surface area (Å²) in [5.41, 5.74) is 23.7. The molecule has 1 aromatic heterocycles. The SMILES string of the molecule is CC(C)(C)c1ccc2c(c1)B1c3c(cc(C(C)(C)C)cc3N(c3ccc4c(c3)C(C)(C)CCC4(C)C)c3oc4cc5c(cc4c31)C1(C)CCC5(C)C1)N2c1ccc2c(c1)C(C)(C)CCC2(C)C. The van der Waals surface area contributed by atoms with Crippen molar-refractivity contribution in [1.82, 2.24) is 0 Å². The zero-order valence-corrected chi connectivity index (χ0v) is 43.8. The minimum Gasteiger partial charge on any atom is -0.440 e. The topological polar surface area (TPSA) is 19.6 Å². The molecule has 0 spiro atoms. The molecular formula is C63H75BN2O. The smallest absolute Gasteiger partial charge is 0.257 e. The number of hydrogen-bond acceptors (Lipinski definition) is 3. The fourth-order valence-electron chi connectivity index (χ4n) is 14.5. The van der Waals surface area contributed by atoms with E-state index in [0.717, 1.165) is 11.5 Å². The zero-order valence-electron chi connectivity index (χ0n) is 43.8. The van der Waals surface area contributed by atoms with Crippen LogP contribution in [0.5, 0.6) is 0 Å². The van der Waals surface area contributed by atoms with E-state index in [1.54, 1.807) is 5.56 Å². The van der Waals surface area contributed by atoms with Crippen LogP contribution in [0.2, 0.25) is 0 Å². The third-order valence-electron chi connectivity index (χ3n) is 19.1. The van der Waals surface area contributed by atoms with Crippen LogP contribution in [0.4, 0.5) is 34.3 Å². The van der Waals surface area contributed by atoms with Crippen molar-refractivity contribution in [2.45, 2.75) is 199 Å². The average Bonchev–Trinajstić information content (AvgIpc) is 3.86. The van der Waals surface area contributed by atoms with Crippen LogP contribution >= 0.6 is 0 Å². The average molecular weight is 887 g/mol. The van der Waals surface area contributed by atoms with E-state index in [-0.39, 0.29) is 50.0 Å². The first kappa shape index (κ1) is 43.6. The normalized spacial score (nSPS) is 24.5. The fraction of sp³-hybridized carbons (Fsp3) is 0.492. The van der Waals surface area contributed by atoms with Gasteiger partial charge in [0.1, 0.15) is 5.58 Å². The molecule has 346 valence electrons. The van der Waals surface area contributed by atoms with E-state index >= 15 is 0 Å². The zero-order chi connectivity index (χ0) is 47.6. The van der Waals surface area contributed by atoms with Crippen LogP contribution in [0.1, 0.15) is 200 Å². The van der Waals surface area contributed by atoms with Gasteiger partial charge in [0.25, 0.3) is 6.71 Å². The molecule has 2 atom stereocenters. The van der Waals surface area contributed by atoms with Crippen molar-refractivity contribution in [3.8, 4) is 0 Å². The minimum atomic E-state index is -0.113. The van der Waals surface area contributed by atoms with Crippen molar-refractivity contribution in [1.29, 1.82) is 0 Å². The third kappa shape index (κ3) is 6.02. The van der Waals surface area contributed by atoms with Gasteiger partial charge in [0.05, 0.1) is 0 Å². The first-order valence-corrected chi connectivity index (χ1v) is 26.0. The maximum atomic E-state index is 7.62. The van der Waals surface area contributed by atoms with E-state index in [9.17, 15) is 0 Å². The molecule has 2 aliphatic heterocycles. The van der Waals surface area contributed by atoms with E-state index in [4.69, 9.17) is 4.42 Å². The fourth-order valence-corrected chi connectivity index (χ4v) is 14.5. The van der Waals surface area contributed by atoms with Gasteiger partial charge in [-0.2, -0.15) is 0 Å². The minimum absolute atomic E-state index is 0.0268. The Morgan fingerprint density at radius 3 is 1.48 bits per heavy atom. The Kier molecular flexibility index (Phi) is 8.54. The van der Waals surface area contributed by atoms with Crippen molar-refractivity contribution in [3.63, 3.8) is 0 Å². The van der Waals surface area contributed by atoms with Gasteiger partial charge < -0.3 is 9.32 Å². The molecule has 3 heterocycles. The highest BCUT2D eigenvalue weighted by Gasteiger charge is 2.54. The summed E-state index contributed by atoms with van der Waals surface area (Å²) < 4.78 is 7.62. The molecule has 3 nitrogen and oxygen atoms in total. The van der Waals surface area contributed by atoms with Crippen LogP contribution in [0, 0.1) is 0 Å². The molecule has 12 rings (SSSR count). The maximum Gasteiger partial charge on any atom is 0.257 e. The Bertz CT molecular complexity index is 3140. The summed E-state index contributed by atoms with van der Waals surface area (Å²) in [5, 5.41) is 1.29. The lowest BCUT2D eigenvalue weighted by atomic mass is 9.33. The van der Waals surface area contributed by atoms with Crippen molar-refractivity contribution >= 4 is 68.4 Å². The van der Waals surface area contributed by atoms with Crippen LogP contribution in [0.25, 0.3) is 11.0 Å². The summed E-state index contributed by atoms with van der Waals surface area (Å²) >= 11 is 0. The van der Waals surface area contributed by atoms with Crippen molar-refractivity contribution in [3.05, 3.63) is 123 Å². The van der Waals surface area contributed by atoms with Gasteiger partial charge in [-0.05, 0) is 198 Å². The summed E-state index contributed by atoms with van der Waals surface area (Å²) in [6, 6.07) is 32.7. The van der Waals surface area contributed by atoms with E-state index in [1.165, 1.54) is 134 Å². The number of nitrogens with zero attached hydrogens (tertiary/aromatic N) is 2. The van der Waals surface area contributed by atoms with Crippen LogP contribution in [-0.4, -0.2) is 6.71 Å². The van der Waals surface area contributed by atoms with E-state index in [2.05, 4.69) is 199 Å². The van der Waals surface area contributed by atoms with Gasteiger partial charge in [0, 0.05) is 39.3 Å². The molecule has 0 N–H and O–H groups in total. The number of benzene rings is 5. The Labute approximate surface area is 403 Å². The predicted molar refractivity (Wildman–Crippen MR) is 287 cm³/mol. The van der Waals surface area contributed by atoms with Gasteiger partial charge in [-0.15, -0.1) is 0 Å². The quantitative estimate of drug-likeness (QED) is 0.161. The summed E-state index contributed by atoms with van der Waals surface area (Å²) in [7, 11) is 0. The van der Waals surface area contributed by atoms with Crippen LogP contribution in [0.15, 0.2) is 83.3 Å². The molecule has 67 heavy (non-hydrogen) atoms. The number of furan rings is 1. The van der Waals surface area contributed by atoms with Crippen molar-refractivity contribution in [2.75, 3.05) is 9.80 Å². The molecule has 6 aromatic rings. The summed E-state index contributed by atoms with van der Waals surface area (Å²) in [5.74, 6) is 0.988. The number of hydrogen-bond donors (Lipinski definition) is 0. The lowest BCUT2D eigenvalue weighted by Gasteiger charge is -2.46. The van der Waals surface area contributed by atoms with Crippen LogP contribution in [-0.2, 0) is 43.3 Å². The lowest BCUT2D eigenvalue weighted by molar-refractivity contribution is 0.332. The van der Waals surface area contributed by atoms with Gasteiger partial charge in [0.15, 0.2) is 0 Å². The molecule has 4 aliphatic carbocycles. The van der Waals surface area contributed by atoms with Gasteiger partial charge in [-0.25, -0.2) is 0 Å². The molecule has 0 radical (unpaired) electrons. The summed E-state index contributed by atoms with van der Waals surface area (Å²) in [4.78, 5) is 5.25. The van der Waals surface area contributed by atoms with E-state index < -0.39 is 0 Å². The van der Waals surface area contributed by atoms with Crippen molar-refractivity contribution in [2.24, 2.45) is 0 Å². The van der Waals surface area contributed by atoms with E-state index in [1.807, 2.05) is 0 Å². The van der Waals surface area contributed by atoms with E-state index in [0.29, 0.717) is 0 Å². The molecular weight excluding hydrogens is 812 g/mol. The third-order valence-corrected chi connectivity index (χ3v) is 19.1. The highest BCUT2D eigenvalue weighted by molar-refractivity contribution is 7.01. The molecule has 6 aliphatic rings. The molecule has 5 aromatic carbocycles. The van der Waals surface area contributed by atoms with Crippen LogP contribution in [0.3, 0.4) is 0 Å². The summed E-state index contributed by atoms with van der Waals surface area (Å²) in [6.45, 7) is 39.0. The molecule has 0 saturated heterocycles. The lowest BCUT2D eigenvalue weighted by Crippen LogP contribution is -2.61. The van der Waals surface area contributed by atoms with Crippen molar-refractivity contribution < 1.29 is 4.42 Å². The summed E-state index contributed by atoms with van der Waals surface area (Å²) in [6.07, 6.45) is 8.47. The maximum absolute atomic E-state index is 7.62. The number of fused-ring (bicyclic) bond motifs is 13. The standard InChI is InChI=1S/C63H75BN2O/c1-56(2,3)37-17-22-49-48(29-37)64-53-41-34-46-47(63(16)28-27-62(46,15)36-63)35-52(41)67-55(53)66(40-19-21-43-45(33-40)61(13,14)26-24-59(43,9)10)51-31-38(57(4,5)6)30-50(54(51)64)65(49)39-18-20-42-44(32-39)60(11,12)25-23-58(42,7)8/h17-22,29-35H,23-28,36H2,1-16H3. The molecule has 1 saturated carbocycles. The Morgan fingerprint density at radius 2 is 0.940 bits per heavy atom. The molecule has 1 fully saturated rings. The number of rotatable bonds is 2. The second-order valence-electron chi connectivity index (χ2n) is 27.8. The molecule has 2 unspecified atom stereocenters. The molecule has 2 bridgehead atoms. The second kappa shape index (κ2) is 13.1.